The average molecular weight is 517 g/mol. The van der Waals surface area contributed by atoms with Gasteiger partial charge in [-0.1, -0.05) is 16.8 Å². The van der Waals surface area contributed by atoms with Crippen LogP contribution >= 0.6 is 11.6 Å². The first-order chi connectivity index (χ1) is 17.8. The lowest BCUT2D eigenvalue weighted by Gasteiger charge is -2.36. The molecular formula is C26H25ClN8O2. The molecule has 2 amide bonds. The molecule has 188 valence electrons. The van der Waals surface area contributed by atoms with Crippen LogP contribution in [0.1, 0.15) is 71.1 Å². The molecule has 0 bridgehead atoms. The summed E-state index contributed by atoms with van der Waals surface area (Å²) < 4.78 is 1.59. The summed E-state index contributed by atoms with van der Waals surface area (Å²) in [6.45, 7) is 4.48. The van der Waals surface area contributed by atoms with E-state index < -0.39 is 0 Å². The molecule has 2 aliphatic carbocycles. The van der Waals surface area contributed by atoms with Crippen LogP contribution < -0.4 is 10.2 Å². The van der Waals surface area contributed by atoms with E-state index in [0.717, 1.165) is 31.4 Å². The summed E-state index contributed by atoms with van der Waals surface area (Å²) in [4.78, 5) is 36.2. The fourth-order valence-corrected chi connectivity index (χ4v) is 5.54. The van der Waals surface area contributed by atoms with E-state index in [1.165, 1.54) is 0 Å². The van der Waals surface area contributed by atoms with Crippen molar-refractivity contribution in [2.24, 2.45) is 11.8 Å². The molecule has 3 aromatic rings. The molecule has 3 aliphatic rings. The molecule has 2 aromatic heterocycles. The van der Waals surface area contributed by atoms with Gasteiger partial charge < -0.3 is 5.32 Å². The lowest BCUT2D eigenvalue weighted by molar-refractivity contribution is -0.118. The van der Waals surface area contributed by atoms with Crippen molar-refractivity contribution in [1.29, 1.82) is 5.26 Å². The Morgan fingerprint density at radius 3 is 2.81 bits per heavy atom. The van der Waals surface area contributed by atoms with Crippen LogP contribution in [0.3, 0.4) is 0 Å². The maximum absolute atomic E-state index is 12.8. The highest BCUT2D eigenvalue weighted by Crippen LogP contribution is 2.47. The Hall–Kier alpha value is -3.84. The second-order valence-electron chi connectivity index (χ2n) is 10.2. The third-order valence-electron chi connectivity index (χ3n) is 7.73. The van der Waals surface area contributed by atoms with Gasteiger partial charge in [-0.2, -0.15) is 5.26 Å². The summed E-state index contributed by atoms with van der Waals surface area (Å²) in [7, 11) is 0. The minimum atomic E-state index is -0.294. The van der Waals surface area contributed by atoms with Crippen LogP contribution in [0.5, 0.6) is 0 Å². The molecule has 1 aromatic carbocycles. The number of carbonyl (C=O) groups is 2. The fraction of sp³-hybridized carbons (Fsp3) is 0.423. The zero-order chi connectivity index (χ0) is 25.8. The first kappa shape index (κ1) is 23.6. The van der Waals surface area contributed by atoms with Crippen molar-refractivity contribution in [3.05, 3.63) is 63.8 Å². The zero-order valence-corrected chi connectivity index (χ0v) is 21.2. The Morgan fingerprint density at radius 2 is 2.11 bits per heavy atom. The third kappa shape index (κ3) is 4.23. The third-order valence-corrected chi connectivity index (χ3v) is 7.97. The Bertz CT molecular complexity index is 1460. The predicted molar refractivity (Wildman–Crippen MR) is 134 cm³/mol. The maximum Gasteiger partial charge on any atom is 0.273 e. The van der Waals surface area contributed by atoms with Crippen molar-refractivity contribution in [3.8, 4) is 6.07 Å². The van der Waals surface area contributed by atoms with E-state index in [4.69, 9.17) is 11.6 Å². The van der Waals surface area contributed by atoms with Crippen LogP contribution in [0.2, 0.25) is 5.02 Å². The molecule has 0 radical (unpaired) electrons. The molecule has 1 N–H and O–H groups in total. The van der Waals surface area contributed by atoms with Crippen molar-refractivity contribution < 1.29 is 9.59 Å². The highest BCUT2D eigenvalue weighted by molar-refractivity contribution is 6.30. The van der Waals surface area contributed by atoms with E-state index in [-0.39, 0.29) is 41.4 Å². The number of fused-ring (bicyclic) bond motifs is 1. The molecule has 1 saturated heterocycles. The van der Waals surface area contributed by atoms with Crippen LogP contribution in [0, 0.1) is 30.1 Å². The second-order valence-corrected chi connectivity index (χ2v) is 10.6. The SMILES string of the molecule is Cc1nc([C@@H](C)n2cc(C(=O)NC3CC(c4cc(Cl)ccc4C#N)C3)nn2)cnc1N1C[C@H]2CC2C1=O. The summed E-state index contributed by atoms with van der Waals surface area (Å²) in [5.41, 5.74) is 3.13. The van der Waals surface area contributed by atoms with Gasteiger partial charge in [0.05, 0.1) is 41.5 Å². The minimum absolute atomic E-state index is 0.00834. The van der Waals surface area contributed by atoms with Gasteiger partial charge in [-0.3, -0.25) is 19.5 Å². The molecule has 1 aliphatic heterocycles. The van der Waals surface area contributed by atoms with Gasteiger partial charge in [0.25, 0.3) is 5.91 Å². The Kier molecular flexibility index (Phi) is 5.68. The number of halogens is 1. The van der Waals surface area contributed by atoms with Crippen LogP contribution in [0.15, 0.2) is 30.6 Å². The van der Waals surface area contributed by atoms with Crippen LogP contribution in [0.25, 0.3) is 0 Å². The van der Waals surface area contributed by atoms with Crippen molar-refractivity contribution in [1.82, 2.24) is 30.3 Å². The lowest BCUT2D eigenvalue weighted by atomic mass is 9.74. The summed E-state index contributed by atoms with van der Waals surface area (Å²) in [6.07, 6.45) is 5.71. The highest BCUT2D eigenvalue weighted by Gasteiger charge is 2.53. The largest absolute Gasteiger partial charge is 0.348 e. The number of nitriles is 1. The van der Waals surface area contributed by atoms with Crippen LogP contribution in [-0.4, -0.2) is 49.4 Å². The monoisotopic (exact) mass is 516 g/mol. The Morgan fingerprint density at radius 1 is 1.30 bits per heavy atom. The highest BCUT2D eigenvalue weighted by atomic mass is 35.5. The van der Waals surface area contributed by atoms with E-state index >= 15 is 0 Å². The lowest BCUT2D eigenvalue weighted by Crippen LogP contribution is -2.43. The Balaban J connectivity index is 1.08. The van der Waals surface area contributed by atoms with Gasteiger partial charge in [-0.05, 0) is 68.7 Å². The first-order valence-corrected chi connectivity index (χ1v) is 12.8. The number of carbonyl (C=O) groups excluding carboxylic acids is 2. The number of aryl methyl sites for hydroxylation is 1. The molecule has 1 unspecified atom stereocenters. The number of hydrogen-bond donors (Lipinski definition) is 1. The molecule has 10 nitrogen and oxygen atoms in total. The molecule has 3 heterocycles. The number of amides is 2. The molecule has 0 spiro atoms. The van der Waals surface area contributed by atoms with Crippen molar-refractivity contribution in [2.75, 3.05) is 11.4 Å². The van der Waals surface area contributed by atoms with Crippen molar-refractivity contribution >= 4 is 29.2 Å². The van der Waals surface area contributed by atoms with E-state index in [1.54, 1.807) is 34.1 Å². The minimum Gasteiger partial charge on any atom is -0.348 e. The smallest absolute Gasteiger partial charge is 0.273 e. The number of nitrogens with one attached hydrogen (secondary N) is 1. The summed E-state index contributed by atoms with van der Waals surface area (Å²) in [5.74, 6) is 1.27. The van der Waals surface area contributed by atoms with Gasteiger partial charge in [0.1, 0.15) is 0 Å². The second kappa shape index (κ2) is 8.92. The van der Waals surface area contributed by atoms with Crippen LogP contribution in [-0.2, 0) is 4.79 Å². The van der Waals surface area contributed by atoms with E-state index in [2.05, 4.69) is 31.7 Å². The van der Waals surface area contributed by atoms with Gasteiger partial charge in [0.15, 0.2) is 11.5 Å². The number of piperidine rings is 1. The zero-order valence-electron chi connectivity index (χ0n) is 20.4. The number of rotatable bonds is 6. The number of nitrogens with zero attached hydrogens (tertiary/aromatic N) is 7. The molecule has 37 heavy (non-hydrogen) atoms. The standard InChI is InChI=1S/C26H25ClN8O2/c1-13-24(34-11-17-7-21(17)26(34)37)29-10-22(30-13)14(2)35-12-23(32-33-35)25(36)31-19-5-16(6-19)20-8-18(27)4-3-15(20)9-28/h3-4,8,10,12,14,16-17,19,21H,5-7,11H2,1-2H3,(H,31,36)/t14-,16?,17-,19?,21?/m1/s1. The first-order valence-electron chi connectivity index (χ1n) is 12.4. The van der Waals surface area contributed by atoms with E-state index in [9.17, 15) is 14.9 Å². The fourth-order valence-electron chi connectivity index (χ4n) is 5.35. The predicted octanol–water partition coefficient (Wildman–Crippen LogP) is 3.17. The number of anilines is 1. The molecule has 3 atom stereocenters. The summed E-state index contributed by atoms with van der Waals surface area (Å²) in [5, 5.41) is 21.2. The number of benzene rings is 1. The van der Waals surface area contributed by atoms with Gasteiger partial charge >= 0.3 is 0 Å². The van der Waals surface area contributed by atoms with Gasteiger partial charge in [0.2, 0.25) is 5.91 Å². The topological polar surface area (TPSA) is 130 Å². The molecule has 3 fully saturated rings. The molecule has 11 heteroatoms. The molecule has 6 rings (SSSR count). The maximum atomic E-state index is 12.8. The average Bonchev–Trinajstić information content (AvgIpc) is 3.32. The molecule has 2 saturated carbocycles. The van der Waals surface area contributed by atoms with Gasteiger partial charge in [-0.25, -0.2) is 9.67 Å². The van der Waals surface area contributed by atoms with E-state index in [0.29, 0.717) is 33.7 Å². The summed E-state index contributed by atoms with van der Waals surface area (Å²) in [6, 6.07) is 7.19. The van der Waals surface area contributed by atoms with Gasteiger partial charge in [0, 0.05) is 23.5 Å². The van der Waals surface area contributed by atoms with Crippen LogP contribution in [0.4, 0.5) is 5.82 Å². The normalized spacial score (nSPS) is 24.7. The van der Waals surface area contributed by atoms with E-state index in [1.807, 2.05) is 19.9 Å². The van der Waals surface area contributed by atoms with Gasteiger partial charge in [-0.15, -0.1) is 5.10 Å². The van der Waals surface area contributed by atoms with Crippen molar-refractivity contribution in [2.45, 2.75) is 51.1 Å². The quantitative estimate of drug-likeness (QED) is 0.532. The summed E-state index contributed by atoms with van der Waals surface area (Å²) >= 11 is 6.11. The Labute approximate surface area is 218 Å². The van der Waals surface area contributed by atoms with Crippen molar-refractivity contribution in [3.63, 3.8) is 0 Å². The molecular weight excluding hydrogens is 492 g/mol. The number of hydrogen-bond acceptors (Lipinski definition) is 7. The number of aromatic nitrogens is 5.